The highest BCUT2D eigenvalue weighted by Crippen LogP contribution is 2.25. The van der Waals surface area contributed by atoms with Gasteiger partial charge in [0.15, 0.2) is 16.4 Å². The van der Waals surface area contributed by atoms with Crippen molar-refractivity contribution in [1.82, 2.24) is 5.32 Å². The zero-order valence-corrected chi connectivity index (χ0v) is 13.9. The maximum atomic E-state index is 12.1. The van der Waals surface area contributed by atoms with Gasteiger partial charge in [0.2, 0.25) is 5.76 Å². The van der Waals surface area contributed by atoms with E-state index in [9.17, 15) is 18.0 Å². The molecule has 1 atom stereocenters. The van der Waals surface area contributed by atoms with Crippen LogP contribution in [0.4, 0.5) is 0 Å². The van der Waals surface area contributed by atoms with Gasteiger partial charge >= 0.3 is 5.97 Å². The highest BCUT2D eigenvalue weighted by molar-refractivity contribution is 7.91. The number of aryl methyl sites for hydroxylation is 1. The van der Waals surface area contributed by atoms with Gasteiger partial charge < -0.3 is 14.5 Å². The Hall–Kier alpha value is -2.35. The van der Waals surface area contributed by atoms with E-state index in [2.05, 4.69) is 5.32 Å². The van der Waals surface area contributed by atoms with E-state index in [0.717, 1.165) is 5.39 Å². The average Bonchev–Trinajstić information content (AvgIpc) is 3.05. The molecule has 1 aliphatic heterocycles. The summed E-state index contributed by atoms with van der Waals surface area (Å²) < 4.78 is 33.1. The molecule has 24 heavy (non-hydrogen) atoms. The summed E-state index contributed by atoms with van der Waals surface area (Å²) in [5.41, 5.74) is 1.22. The molecule has 1 saturated heterocycles. The summed E-state index contributed by atoms with van der Waals surface area (Å²) in [6.45, 7) is 1.26. The number of carbonyl (C=O) groups is 2. The number of fused-ring (bicyclic) bond motifs is 1. The van der Waals surface area contributed by atoms with Gasteiger partial charge in [-0.3, -0.25) is 4.79 Å². The van der Waals surface area contributed by atoms with Crippen LogP contribution in [0.3, 0.4) is 0 Å². The Labute approximate surface area is 138 Å². The first-order valence-corrected chi connectivity index (χ1v) is 9.33. The molecule has 1 aliphatic rings. The fraction of sp³-hybridized carbons (Fsp3) is 0.375. The van der Waals surface area contributed by atoms with E-state index in [1.54, 1.807) is 19.1 Å². The number of benzene rings is 1. The standard InChI is InChI=1S/C16H17NO6S/c1-10-12-4-2-3-5-13(12)23-15(10)16(19)22-8-14(18)17-11-6-7-24(20,21)9-11/h2-5,11H,6-9H2,1H3,(H,17,18). The molecular weight excluding hydrogens is 334 g/mol. The number of esters is 1. The van der Waals surface area contributed by atoms with Crippen molar-refractivity contribution in [3.63, 3.8) is 0 Å². The SMILES string of the molecule is Cc1c(C(=O)OCC(=O)NC2CCS(=O)(=O)C2)oc2ccccc12. The molecule has 1 N–H and O–H groups in total. The number of nitrogens with one attached hydrogen (secondary N) is 1. The van der Waals surface area contributed by atoms with Gasteiger partial charge in [-0.25, -0.2) is 13.2 Å². The Balaban J connectivity index is 1.58. The van der Waals surface area contributed by atoms with Crippen LogP contribution in [-0.4, -0.2) is 44.4 Å². The Morgan fingerprint density at radius 2 is 2.08 bits per heavy atom. The van der Waals surface area contributed by atoms with Crippen LogP contribution in [0.25, 0.3) is 11.0 Å². The average molecular weight is 351 g/mol. The van der Waals surface area contributed by atoms with Crippen molar-refractivity contribution in [3.8, 4) is 0 Å². The molecule has 0 saturated carbocycles. The van der Waals surface area contributed by atoms with Gasteiger partial charge in [0.25, 0.3) is 5.91 Å². The van der Waals surface area contributed by atoms with Crippen molar-refractivity contribution in [2.45, 2.75) is 19.4 Å². The zero-order chi connectivity index (χ0) is 17.3. The van der Waals surface area contributed by atoms with E-state index >= 15 is 0 Å². The predicted octanol–water partition coefficient (Wildman–Crippen LogP) is 1.20. The molecule has 1 aromatic heterocycles. The first-order valence-electron chi connectivity index (χ1n) is 7.51. The van der Waals surface area contributed by atoms with Gasteiger partial charge in [-0.05, 0) is 19.4 Å². The number of para-hydroxylation sites is 1. The van der Waals surface area contributed by atoms with Crippen LogP contribution in [0, 0.1) is 6.92 Å². The number of hydrogen-bond donors (Lipinski definition) is 1. The van der Waals surface area contributed by atoms with Crippen molar-refractivity contribution in [2.75, 3.05) is 18.1 Å². The van der Waals surface area contributed by atoms with Crippen LogP contribution < -0.4 is 5.32 Å². The van der Waals surface area contributed by atoms with Crippen LogP contribution in [0.2, 0.25) is 0 Å². The van der Waals surface area contributed by atoms with Crippen molar-refractivity contribution < 1.29 is 27.2 Å². The van der Waals surface area contributed by atoms with Gasteiger partial charge in [-0.1, -0.05) is 18.2 Å². The smallest absolute Gasteiger partial charge is 0.375 e. The van der Waals surface area contributed by atoms with Gasteiger partial charge in [0.05, 0.1) is 11.5 Å². The first-order chi connectivity index (χ1) is 11.4. The molecule has 1 unspecified atom stereocenters. The molecule has 0 spiro atoms. The highest BCUT2D eigenvalue weighted by Gasteiger charge is 2.29. The molecule has 1 aromatic carbocycles. The second kappa shape index (κ2) is 6.27. The second-order valence-electron chi connectivity index (χ2n) is 5.80. The minimum absolute atomic E-state index is 0.0624. The number of furan rings is 1. The third-order valence-corrected chi connectivity index (χ3v) is 5.73. The van der Waals surface area contributed by atoms with Crippen molar-refractivity contribution >= 4 is 32.7 Å². The summed E-state index contributed by atoms with van der Waals surface area (Å²) in [4.78, 5) is 23.9. The maximum absolute atomic E-state index is 12.1. The van der Waals surface area contributed by atoms with E-state index in [1.807, 2.05) is 12.1 Å². The van der Waals surface area contributed by atoms with E-state index in [-0.39, 0.29) is 17.3 Å². The molecule has 0 radical (unpaired) electrons. The van der Waals surface area contributed by atoms with Crippen molar-refractivity contribution in [1.29, 1.82) is 0 Å². The Morgan fingerprint density at radius 1 is 1.33 bits per heavy atom. The molecule has 0 bridgehead atoms. The molecule has 0 aliphatic carbocycles. The largest absolute Gasteiger partial charge is 0.450 e. The molecule has 1 fully saturated rings. The van der Waals surface area contributed by atoms with Crippen molar-refractivity contribution in [2.24, 2.45) is 0 Å². The molecule has 3 rings (SSSR count). The third-order valence-electron chi connectivity index (χ3n) is 3.96. The summed E-state index contributed by atoms with van der Waals surface area (Å²) in [5, 5.41) is 3.37. The number of carbonyl (C=O) groups excluding carboxylic acids is 2. The summed E-state index contributed by atoms with van der Waals surface area (Å²) in [7, 11) is -3.07. The van der Waals surface area contributed by atoms with E-state index < -0.39 is 34.4 Å². The van der Waals surface area contributed by atoms with E-state index in [4.69, 9.17) is 9.15 Å². The molecular formula is C16H17NO6S. The zero-order valence-electron chi connectivity index (χ0n) is 13.1. The number of ether oxygens (including phenoxy) is 1. The normalized spacial score (nSPS) is 19.3. The molecule has 2 heterocycles. The molecule has 128 valence electrons. The van der Waals surface area contributed by atoms with Gasteiger partial charge in [0, 0.05) is 17.0 Å². The molecule has 1 amide bonds. The maximum Gasteiger partial charge on any atom is 0.375 e. The first kappa shape index (κ1) is 16.5. The van der Waals surface area contributed by atoms with E-state index in [0.29, 0.717) is 17.6 Å². The molecule has 2 aromatic rings. The fourth-order valence-corrected chi connectivity index (χ4v) is 4.42. The molecule has 8 heteroatoms. The van der Waals surface area contributed by atoms with Crippen LogP contribution in [-0.2, 0) is 19.4 Å². The summed E-state index contributed by atoms with van der Waals surface area (Å²) in [5.74, 6) is -1.20. The highest BCUT2D eigenvalue weighted by atomic mass is 32.2. The minimum Gasteiger partial charge on any atom is -0.450 e. The summed E-state index contributed by atoms with van der Waals surface area (Å²) in [6.07, 6.45) is 0.380. The van der Waals surface area contributed by atoms with Gasteiger partial charge in [0.1, 0.15) is 5.58 Å². The van der Waals surface area contributed by atoms with Gasteiger partial charge in [-0.2, -0.15) is 0 Å². The van der Waals surface area contributed by atoms with Gasteiger partial charge in [-0.15, -0.1) is 0 Å². The number of rotatable bonds is 4. The van der Waals surface area contributed by atoms with Crippen molar-refractivity contribution in [3.05, 3.63) is 35.6 Å². The quantitative estimate of drug-likeness (QED) is 0.831. The Kier molecular flexibility index (Phi) is 4.31. The third kappa shape index (κ3) is 3.43. The minimum atomic E-state index is -3.07. The number of hydrogen-bond acceptors (Lipinski definition) is 6. The monoisotopic (exact) mass is 351 g/mol. The fourth-order valence-electron chi connectivity index (χ4n) is 2.74. The van der Waals surface area contributed by atoms with Crippen LogP contribution >= 0.6 is 0 Å². The Bertz CT molecular complexity index is 898. The Morgan fingerprint density at radius 3 is 2.75 bits per heavy atom. The van der Waals surface area contributed by atoms with E-state index in [1.165, 1.54) is 0 Å². The predicted molar refractivity (Wildman–Crippen MR) is 86.4 cm³/mol. The van der Waals surface area contributed by atoms with Crippen LogP contribution in [0.1, 0.15) is 22.5 Å². The summed E-state index contributed by atoms with van der Waals surface area (Å²) >= 11 is 0. The lowest BCUT2D eigenvalue weighted by molar-refractivity contribution is -0.124. The number of sulfone groups is 1. The topological polar surface area (TPSA) is 103 Å². The van der Waals surface area contributed by atoms with Crippen LogP contribution in [0.5, 0.6) is 0 Å². The number of amides is 1. The molecule has 7 nitrogen and oxygen atoms in total. The second-order valence-corrected chi connectivity index (χ2v) is 8.02. The lowest BCUT2D eigenvalue weighted by Crippen LogP contribution is -2.38. The lowest BCUT2D eigenvalue weighted by Gasteiger charge is -2.10. The van der Waals surface area contributed by atoms with Crippen LogP contribution in [0.15, 0.2) is 28.7 Å². The lowest BCUT2D eigenvalue weighted by atomic mass is 10.1. The summed E-state index contributed by atoms with van der Waals surface area (Å²) in [6, 6.07) is 6.78.